The predicted molar refractivity (Wildman–Crippen MR) is 64.7 cm³/mol. The molecule has 0 atom stereocenters. The average molecular weight is 230 g/mol. The Labute approximate surface area is 99.5 Å². The number of carboxylic acid groups (broad SMARTS) is 1. The molecule has 2 aromatic rings. The molecule has 0 saturated heterocycles. The Bertz CT molecular complexity index is 544. The van der Waals surface area contributed by atoms with Gasteiger partial charge in [-0.1, -0.05) is 30.3 Å². The summed E-state index contributed by atoms with van der Waals surface area (Å²) in [5, 5.41) is 8.85. The van der Waals surface area contributed by atoms with Crippen LogP contribution in [0.1, 0.15) is 11.4 Å². The zero-order chi connectivity index (χ0) is 12.4. The number of rotatable bonds is 3. The fraction of sp³-hybridized carbons (Fsp3) is 0.231. The van der Waals surface area contributed by atoms with Crippen LogP contribution in [0.2, 0.25) is 0 Å². The van der Waals surface area contributed by atoms with Crippen LogP contribution in [0.3, 0.4) is 0 Å². The number of hydrogen-bond acceptors (Lipinski definition) is 2. The van der Waals surface area contributed by atoms with Crippen molar-refractivity contribution in [3.05, 3.63) is 41.7 Å². The topological polar surface area (TPSA) is 55.1 Å². The van der Waals surface area contributed by atoms with Crippen LogP contribution >= 0.6 is 0 Å². The molecule has 0 unspecified atom stereocenters. The normalized spacial score (nSPS) is 10.5. The van der Waals surface area contributed by atoms with Crippen molar-refractivity contribution in [1.29, 1.82) is 0 Å². The lowest BCUT2D eigenvalue weighted by Gasteiger charge is -2.04. The van der Waals surface area contributed by atoms with E-state index in [1.165, 1.54) is 0 Å². The van der Waals surface area contributed by atoms with Gasteiger partial charge in [0.15, 0.2) is 0 Å². The summed E-state index contributed by atoms with van der Waals surface area (Å²) in [5.74, 6) is -0.0324. The standard InChI is InChI=1S/C13H14N2O2/c1-9-11(8-12(16)17)15(2)13(14-9)10-6-4-3-5-7-10/h3-7H,8H2,1-2H3,(H,16,17). The quantitative estimate of drug-likeness (QED) is 0.877. The summed E-state index contributed by atoms with van der Waals surface area (Å²) < 4.78 is 1.85. The van der Waals surface area contributed by atoms with Gasteiger partial charge in [0.1, 0.15) is 5.82 Å². The summed E-state index contributed by atoms with van der Waals surface area (Å²) in [4.78, 5) is 15.2. The number of imidazole rings is 1. The molecule has 17 heavy (non-hydrogen) atoms. The highest BCUT2D eigenvalue weighted by Gasteiger charge is 2.14. The van der Waals surface area contributed by atoms with Gasteiger partial charge in [-0.3, -0.25) is 4.79 Å². The van der Waals surface area contributed by atoms with Crippen molar-refractivity contribution < 1.29 is 9.90 Å². The van der Waals surface area contributed by atoms with E-state index in [2.05, 4.69) is 4.98 Å². The molecule has 0 aliphatic carbocycles. The highest BCUT2D eigenvalue weighted by Crippen LogP contribution is 2.21. The molecule has 1 N–H and O–H groups in total. The van der Waals surface area contributed by atoms with Crippen LogP contribution < -0.4 is 0 Å². The van der Waals surface area contributed by atoms with Gasteiger partial charge >= 0.3 is 5.97 Å². The number of aromatic nitrogens is 2. The maximum Gasteiger partial charge on any atom is 0.309 e. The SMILES string of the molecule is Cc1nc(-c2ccccc2)n(C)c1CC(=O)O. The minimum absolute atomic E-state index is 0.00215. The molecule has 0 aliphatic rings. The Morgan fingerprint density at radius 2 is 2.00 bits per heavy atom. The largest absolute Gasteiger partial charge is 0.481 e. The molecule has 1 aromatic carbocycles. The number of aliphatic carboxylic acids is 1. The number of aryl methyl sites for hydroxylation is 1. The van der Waals surface area contributed by atoms with Gasteiger partial charge in [-0.15, -0.1) is 0 Å². The van der Waals surface area contributed by atoms with Crippen molar-refractivity contribution in [2.24, 2.45) is 7.05 Å². The second-order valence-corrected chi connectivity index (χ2v) is 3.96. The lowest BCUT2D eigenvalue weighted by molar-refractivity contribution is -0.136. The number of carboxylic acids is 1. The van der Waals surface area contributed by atoms with Crippen LogP contribution in [-0.2, 0) is 18.3 Å². The van der Waals surface area contributed by atoms with Crippen molar-refractivity contribution in [1.82, 2.24) is 9.55 Å². The van der Waals surface area contributed by atoms with Gasteiger partial charge in [0.2, 0.25) is 0 Å². The van der Waals surface area contributed by atoms with Gasteiger partial charge in [0.25, 0.3) is 0 Å². The Kier molecular flexibility index (Phi) is 2.95. The van der Waals surface area contributed by atoms with Crippen LogP contribution in [0, 0.1) is 6.92 Å². The number of carbonyl (C=O) groups is 1. The fourth-order valence-corrected chi connectivity index (χ4v) is 1.90. The first-order valence-corrected chi connectivity index (χ1v) is 5.39. The van der Waals surface area contributed by atoms with Gasteiger partial charge in [-0.05, 0) is 6.92 Å². The third-order valence-electron chi connectivity index (χ3n) is 2.76. The average Bonchev–Trinajstić information content (AvgIpc) is 2.58. The molecule has 88 valence electrons. The first kappa shape index (κ1) is 11.4. The molecule has 0 aliphatic heterocycles. The summed E-state index contributed by atoms with van der Waals surface area (Å²) in [7, 11) is 1.85. The third kappa shape index (κ3) is 2.20. The maximum atomic E-state index is 10.8. The lowest BCUT2D eigenvalue weighted by atomic mass is 10.2. The second-order valence-electron chi connectivity index (χ2n) is 3.96. The molecule has 1 aromatic heterocycles. The Balaban J connectivity index is 2.48. The molecular formula is C13H14N2O2. The van der Waals surface area contributed by atoms with E-state index in [1.54, 1.807) is 0 Å². The van der Waals surface area contributed by atoms with Crippen LogP contribution in [0.15, 0.2) is 30.3 Å². The number of hydrogen-bond donors (Lipinski definition) is 1. The Hall–Kier alpha value is -2.10. The van der Waals surface area contributed by atoms with Crippen LogP contribution in [0.4, 0.5) is 0 Å². The number of benzene rings is 1. The first-order chi connectivity index (χ1) is 8.09. The molecule has 0 bridgehead atoms. The van der Waals surface area contributed by atoms with E-state index in [0.29, 0.717) is 0 Å². The van der Waals surface area contributed by atoms with E-state index in [0.717, 1.165) is 22.8 Å². The summed E-state index contributed by atoms with van der Waals surface area (Å²) in [5.41, 5.74) is 2.51. The van der Waals surface area contributed by atoms with Gasteiger partial charge < -0.3 is 9.67 Å². The van der Waals surface area contributed by atoms with Crippen molar-refractivity contribution in [3.63, 3.8) is 0 Å². The fourth-order valence-electron chi connectivity index (χ4n) is 1.90. The monoisotopic (exact) mass is 230 g/mol. The second kappa shape index (κ2) is 4.41. The molecular weight excluding hydrogens is 216 g/mol. The van der Waals surface area contributed by atoms with Crippen LogP contribution in [-0.4, -0.2) is 20.6 Å². The molecule has 1 heterocycles. The van der Waals surface area contributed by atoms with Crippen LogP contribution in [0.5, 0.6) is 0 Å². The Morgan fingerprint density at radius 3 is 2.59 bits per heavy atom. The van der Waals surface area contributed by atoms with Crippen molar-refractivity contribution in [2.75, 3.05) is 0 Å². The van der Waals surface area contributed by atoms with Gasteiger partial charge in [-0.25, -0.2) is 4.98 Å². The van der Waals surface area contributed by atoms with Gasteiger partial charge in [0.05, 0.1) is 17.8 Å². The summed E-state index contributed by atoms with van der Waals surface area (Å²) in [6.45, 7) is 1.84. The lowest BCUT2D eigenvalue weighted by Crippen LogP contribution is -2.07. The van der Waals surface area contributed by atoms with E-state index in [9.17, 15) is 4.79 Å². The van der Waals surface area contributed by atoms with Crippen LogP contribution in [0.25, 0.3) is 11.4 Å². The zero-order valence-electron chi connectivity index (χ0n) is 9.84. The van der Waals surface area contributed by atoms with Gasteiger partial charge in [-0.2, -0.15) is 0 Å². The molecule has 2 rings (SSSR count). The third-order valence-corrected chi connectivity index (χ3v) is 2.76. The molecule has 0 saturated carbocycles. The smallest absolute Gasteiger partial charge is 0.309 e. The first-order valence-electron chi connectivity index (χ1n) is 5.39. The molecule has 0 fully saturated rings. The highest BCUT2D eigenvalue weighted by atomic mass is 16.4. The maximum absolute atomic E-state index is 10.8. The highest BCUT2D eigenvalue weighted by molar-refractivity contribution is 5.70. The van der Waals surface area contributed by atoms with E-state index in [1.807, 2.05) is 48.9 Å². The van der Waals surface area contributed by atoms with E-state index in [4.69, 9.17) is 5.11 Å². The summed E-state index contributed by atoms with van der Waals surface area (Å²) in [6.07, 6.45) is 0.00215. The molecule has 4 heteroatoms. The Morgan fingerprint density at radius 1 is 1.35 bits per heavy atom. The van der Waals surface area contributed by atoms with Crippen molar-refractivity contribution >= 4 is 5.97 Å². The summed E-state index contributed by atoms with van der Waals surface area (Å²) in [6, 6.07) is 9.75. The van der Waals surface area contributed by atoms with E-state index >= 15 is 0 Å². The zero-order valence-corrected chi connectivity index (χ0v) is 9.84. The molecule has 0 radical (unpaired) electrons. The van der Waals surface area contributed by atoms with Crippen molar-refractivity contribution in [2.45, 2.75) is 13.3 Å². The summed E-state index contributed by atoms with van der Waals surface area (Å²) >= 11 is 0. The number of nitrogens with zero attached hydrogens (tertiary/aromatic N) is 2. The molecule has 4 nitrogen and oxygen atoms in total. The molecule has 0 amide bonds. The van der Waals surface area contributed by atoms with E-state index in [-0.39, 0.29) is 6.42 Å². The van der Waals surface area contributed by atoms with Gasteiger partial charge in [0, 0.05) is 12.6 Å². The van der Waals surface area contributed by atoms with Crippen molar-refractivity contribution in [3.8, 4) is 11.4 Å². The minimum atomic E-state index is -0.837. The van der Waals surface area contributed by atoms with E-state index < -0.39 is 5.97 Å². The predicted octanol–water partition coefficient (Wildman–Crippen LogP) is 2.02. The minimum Gasteiger partial charge on any atom is -0.481 e. The molecule has 0 spiro atoms.